The molecule has 3 nitrogen and oxygen atoms in total. The molecule has 2 N–H and O–H groups in total. The minimum absolute atomic E-state index is 0.0243. The zero-order valence-corrected chi connectivity index (χ0v) is 11.7. The number of rotatable bonds is 5. The lowest BCUT2D eigenvalue weighted by Crippen LogP contribution is -2.14. The standard InChI is InChI=1S/C15H14FNO2S/c1-18-11-5-2-4-10(8-11)9-19-13-7-3-6-12(16)14(13)15(17)20/h2-8H,9H2,1H3,(H2,17,20). The van der Waals surface area contributed by atoms with Crippen LogP contribution < -0.4 is 15.2 Å². The summed E-state index contributed by atoms with van der Waals surface area (Å²) in [7, 11) is 1.59. The maximum Gasteiger partial charge on any atom is 0.137 e. The van der Waals surface area contributed by atoms with Crippen LogP contribution in [0.25, 0.3) is 0 Å². The predicted octanol–water partition coefficient (Wildman–Crippen LogP) is 3.05. The number of ether oxygens (including phenoxy) is 2. The van der Waals surface area contributed by atoms with Gasteiger partial charge in [-0.05, 0) is 29.8 Å². The summed E-state index contributed by atoms with van der Waals surface area (Å²) in [6, 6.07) is 11.9. The first-order chi connectivity index (χ1) is 9.61. The van der Waals surface area contributed by atoms with E-state index in [1.165, 1.54) is 6.07 Å². The molecule has 0 spiro atoms. The topological polar surface area (TPSA) is 44.5 Å². The molecule has 20 heavy (non-hydrogen) atoms. The second-order valence-corrected chi connectivity index (χ2v) is 4.56. The highest BCUT2D eigenvalue weighted by Crippen LogP contribution is 2.23. The SMILES string of the molecule is COc1cccc(COc2cccc(F)c2C(N)=S)c1. The third kappa shape index (κ3) is 3.24. The summed E-state index contributed by atoms with van der Waals surface area (Å²) in [5.74, 6) is 0.584. The average molecular weight is 291 g/mol. The number of methoxy groups -OCH3 is 1. The summed E-state index contributed by atoms with van der Waals surface area (Å²) in [6.07, 6.45) is 0. The van der Waals surface area contributed by atoms with Crippen molar-refractivity contribution in [3.63, 3.8) is 0 Å². The molecule has 0 fully saturated rings. The Bertz CT molecular complexity index is 631. The van der Waals surface area contributed by atoms with Crippen LogP contribution in [-0.2, 0) is 6.61 Å². The van der Waals surface area contributed by atoms with Gasteiger partial charge in [0.25, 0.3) is 0 Å². The largest absolute Gasteiger partial charge is 0.497 e. The normalized spacial score (nSPS) is 10.1. The Morgan fingerprint density at radius 1 is 1.25 bits per heavy atom. The van der Waals surface area contributed by atoms with Crippen molar-refractivity contribution in [3.05, 3.63) is 59.4 Å². The fourth-order valence-electron chi connectivity index (χ4n) is 1.79. The van der Waals surface area contributed by atoms with Crippen molar-refractivity contribution in [2.45, 2.75) is 6.61 Å². The molecule has 0 saturated carbocycles. The summed E-state index contributed by atoms with van der Waals surface area (Å²) in [6.45, 7) is 0.274. The van der Waals surface area contributed by atoms with Crippen molar-refractivity contribution in [1.82, 2.24) is 0 Å². The molecule has 2 aromatic carbocycles. The monoisotopic (exact) mass is 291 g/mol. The molecule has 0 aliphatic rings. The number of hydrogen-bond acceptors (Lipinski definition) is 3. The van der Waals surface area contributed by atoms with Crippen LogP contribution in [0.15, 0.2) is 42.5 Å². The van der Waals surface area contributed by atoms with Crippen LogP contribution in [0.5, 0.6) is 11.5 Å². The Balaban J connectivity index is 2.18. The Hall–Kier alpha value is -2.14. The van der Waals surface area contributed by atoms with Gasteiger partial charge in [-0.2, -0.15) is 0 Å². The zero-order valence-electron chi connectivity index (χ0n) is 10.9. The Labute approximate surface area is 122 Å². The first-order valence-electron chi connectivity index (χ1n) is 5.96. The van der Waals surface area contributed by atoms with Crippen molar-refractivity contribution in [3.8, 4) is 11.5 Å². The molecule has 104 valence electrons. The minimum Gasteiger partial charge on any atom is -0.497 e. The number of hydrogen-bond donors (Lipinski definition) is 1. The number of nitrogens with two attached hydrogens (primary N) is 1. The second kappa shape index (κ2) is 6.34. The highest BCUT2D eigenvalue weighted by atomic mass is 32.1. The van der Waals surface area contributed by atoms with Gasteiger partial charge in [0, 0.05) is 0 Å². The van der Waals surface area contributed by atoms with E-state index in [-0.39, 0.29) is 17.2 Å². The van der Waals surface area contributed by atoms with Gasteiger partial charge in [-0.1, -0.05) is 30.4 Å². The van der Waals surface area contributed by atoms with Gasteiger partial charge in [0.1, 0.15) is 28.9 Å². The number of halogens is 1. The van der Waals surface area contributed by atoms with E-state index in [0.717, 1.165) is 11.3 Å². The van der Waals surface area contributed by atoms with Gasteiger partial charge in [0.05, 0.1) is 12.7 Å². The molecule has 0 aromatic heterocycles. The van der Waals surface area contributed by atoms with Gasteiger partial charge in [0.15, 0.2) is 0 Å². The molecular weight excluding hydrogens is 277 g/mol. The van der Waals surface area contributed by atoms with Crippen LogP contribution >= 0.6 is 12.2 Å². The van der Waals surface area contributed by atoms with Gasteiger partial charge >= 0.3 is 0 Å². The van der Waals surface area contributed by atoms with Crippen molar-refractivity contribution >= 4 is 17.2 Å². The van der Waals surface area contributed by atoms with E-state index in [9.17, 15) is 4.39 Å². The van der Waals surface area contributed by atoms with E-state index in [4.69, 9.17) is 27.4 Å². The van der Waals surface area contributed by atoms with Crippen LogP contribution in [0, 0.1) is 5.82 Å². The van der Waals surface area contributed by atoms with Crippen LogP contribution in [-0.4, -0.2) is 12.1 Å². The summed E-state index contributed by atoms with van der Waals surface area (Å²) in [5, 5.41) is 0. The van der Waals surface area contributed by atoms with Crippen molar-refractivity contribution in [2.24, 2.45) is 5.73 Å². The summed E-state index contributed by atoms with van der Waals surface area (Å²) < 4.78 is 24.4. The lowest BCUT2D eigenvalue weighted by atomic mass is 10.2. The molecule has 0 atom stereocenters. The minimum atomic E-state index is -0.486. The molecule has 0 aliphatic carbocycles. The average Bonchev–Trinajstić information content (AvgIpc) is 2.45. The van der Waals surface area contributed by atoms with E-state index in [2.05, 4.69) is 0 Å². The van der Waals surface area contributed by atoms with E-state index in [0.29, 0.717) is 5.75 Å². The van der Waals surface area contributed by atoms with E-state index >= 15 is 0 Å². The first kappa shape index (κ1) is 14.3. The maximum absolute atomic E-state index is 13.7. The number of thiocarbonyl (C=S) groups is 1. The van der Waals surface area contributed by atoms with Crippen LogP contribution in [0.3, 0.4) is 0 Å². The molecule has 5 heteroatoms. The highest BCUT2D eigenvalue weighted by molar-refractivity contribution is 7.80. The molecule has 0 saturated heterocycles. The highest BCUT2D eigenvalue weighted by Gasteiger charge is 2.12. The molecule has 2 rings (SSSR count). The summed E-state index contributed by atoms with van der Waals surface area (Å²) >= 11 is 4.85. The summed E-state index contributed by atoms with van der Waals surface area (Å²) in [5.41, 5.74) is 6.56. The molecule has 0 bridgehead atoms. The third-order valence-electron chi connectivity index (χ3n) is 2.75. The molecule has 0 radical (unpaired) electrons. The molecule has 0 unspecified atom stereocenters. The van der Waals surface area contributed by atoms with Crippen molar-refractivity contribution in [1.29, 1.82) is 0 Å². The van der Waals surface area contributed by atoms with Gasteiger partial charge < -0.3 is 15.2 Å². The van der Waals surface area contributed by atoms with Gasteiger partial charge in [-0.3, -0.25) is 0 Å². The Morgan fingerprint density at radius 3 is 2.70 bits per heavy atom. The predicted molar refractivity (Wildman–Crippen MR) is 79.6 cm³/mol. The second-order valence-electron chi connectivity index (χ2n) is 4.12. The van der Waals surface area contributed by atoms with Crippen LogP contribution in [0.4, 0.5) is 4.39 Å². The molecule has 0 heterocycles. The van der Waals surface area contributed by atoms with E-state index in [1.54, 1.807) is 19.2 Å². The lowest BCUT2D eigenvalue weighted by molar-refractivity contribution is 0.303. The molecule has 0 aliphatic heterocycles. The fourth-order valence-corrected chi connectivity index (χ4v) is 1.99. The van der Waals surface area contributed by atoms with E-state index < -0.39 is 5.82 Å². The molecule has 0 amide bonds. The summed E-state index contributed by atoms with van der Waals surface area (Å²) in [4.78, 5) is -0.0243. The number of benzene rings is 2. The van der Waals surface area contributed by atoms with Crippen molar-refractivity contribution < 1.29 is 13.9 Å². The van der Waals surface area contributed by atoms with Crippen molar-refractivity contribution in [2.75, 3.05) is 7.11 Å². The van der Waals surface area contributed by atoms with E-state index in [1.807, 2.05) is 24.3 Å². The Kier molecular flexibility index (Phi) is 4.53. The van der Waals surface area contributed by atoms with Gasteiger partial charge in [-0.15, -0.1) is 0 Å². The quantitative estimate of drug-likeness (QED) is 0.860. The molecular formula is C15H14FNO2S. The van der Waals surface area contributed by atoms with Crippen LogP contribution in [0.1, 0.15) is 11.1 Å². The van der Waals surface area contributed by atoms with Crippen LogP contribution in [0.2, 0.25) is 0 Å². The third-order valence-corrected chi connectivity index (χ3v) is 2.95. The zero-order chi connectivity index (χ0) is 14.5. The maximum atomic E-state index is 13.7. The Morgan fingerprint density at radius 2 is 2.00 bits per heavy atom. The smallest absolute Gasteiger partial charge is 0.137 e. The molecule has 2 aromatic rings. The fraction of sp³-hybridized carbons (Fsp3) is 0.133. The van der Waals surface area contributed by atoms with Gasteiger partial charge in [0.2, 0.25) is 0 Å². The first-order valence-corrected chi connectivity index (χ1v) is 6.36. The van der Waals surface area contributed by atoms with Gasteiger partial charge in [-0.25, -0.2) is 4.39 Å². The lowest BCUT2D eigenvalue weighted by Gasteiger charge is -2.11.